The van der Waals surface area contributed by atoms with Gasteiger partial charge >= 0.3 is 0 Å². The van der Waals surface area contributed by atoms with Gasteiger partial charge in [0.05, 0.1) is 0 Å². The molecule has 0 aliphatic carbocycles. The first kappa shape index (κ1) is 15.5. The number of rotatable bonds is 6. The van der Waals surface area contributed by atoms with Crippen LogP contribution in [0.2, 0.25) is 0 Å². The van der Waals surface area contributed by atoms with E-state index in [1.807, 2.05) is 30.3 Å². The zero-order chi connectivity index (χ0) is 14.4. The van der Waals surface area contributed by atoms with Crippen LogP contribution < -0.4 is 4.74 Å². The minimum Gasteiger partial charge on any atom is -0.492 e. The van der Waals surface area contributed by atoms with E-state index in [1.165, 1.54) is 5.56 Å². The molecule has 0 aromatic heterocycles. The van der Waals surface area contributed by atoms with Gasteiger partial charge in [-0.15, -0.1) is 0 Å². The molecule has 0 fully saturated rings. The average Bonchev–Trinajstić information content (AvgIpc) is 2.38. The van der Waals surface area contributed by atoms with Gasteiger partial charge in [0.2, 0.25) is 0 Å². The van der Waals surface area contributed by atoms with Crippen molar-refractivity contribution in [2.45, 2.75) is 6.54 Å². The first-order valence-corrected chi connectivity index (χ1v) is 8.03. The average molecular weight is 399 g/mol. The van der Waals surface area contributed by atoms with Crippen LogP contribution in [0.25, 0.3) is 0 Å². The van der Waals surface area contributed by atoms with Gasteiger partial charge in [0.25, 0.3) is 0 Å². The van der Waals surface area contributed by atoms with Crippen LogP contribution in [-0.4, -0.2) is 25.1 Å². The van der Waals surface area contributed by atoms with Crippen LogP contribution in [0.1, 0.15) is 5.56 Å². The molecular formula is C16H17Br2NO. The normalized spacial score (nSPS) is 10.8. The molecule has 2 aromatic rings. The summed E-state index contributed by atoms with van der Waals surface area (Å²) in [6, 6.07) is 16.3. The van der Waals surface area contributed by atoms with Gasteiger partial charge in [-0.3, -0.25) is 4.90 Å². The summed E-state index contributed by atoms with van der Waals surface area (Å²) >= 11 is 6.93. The van der Waals surface area contributed by atoms with Gasteiger partial charge in [-0.25, -0.2) is 0 Å². The molecule has 0 saturated carbocycles. The Hall–Kier alpha value is -0.840. The second-order valence-corrected chi connectivity index (χ2v) is 6.50. The molecular weight excluding hydrogens is 382 g/mol. The van der Waals surface area contributed by atoms with Gasteiger partial charge in [0, 0.05) is 22.0 Å². The smallest absolute Gasteiger partial charge is 0.120 e. The number of hydrogen-bond donors (Lipinski definition) is 0. The van der Waals surface area contributed by atoms with Crippen LogP contribution in [0.4, 0.5) is 0 Å². The van der Waals surface area contributed by atoms with Gasteiger partial charge < -0.3 is 4.74 Å². The maximum absolute atomic E-state index is 5.74. The molecule has 0 aliphatic heterocycles. The van der Waals surface area contributed by atoms with Crippen molar-refractivity contribution in [3.63, 3.8) is 0 Å². The topological polar surface area (TPSA) is 12.5 Å². The second-order valence-electron chi connectivity index (χ2n) is 4.67. The molecule has 2 nitrogen and oxygen atoms in total. The van der Waals surface area contributed by atoms with Crippen LogP contribution >= 0.6 is 31.9 Å². The maximum Gasteiger partial charge on any atom is 0.120 e. The molecule has 0 radical (unpaired) electrons. The molecule has 2 aromatic carbocycles. The largest absolute Gasteiger partial charge is 0.492 e. The summed E-state index contributed by atoms with van der Waals surface area (Å²) in [6.45, 7) is 2.49. The minimum absolute atomic E-state index is 0.682. The molecule has 0 N–H and O–H groups in total. The van der Waals surface area contributed by atoms with Crippen molar-refractivity contribution in [2.75, 3.05) is 20.2 Å². The Labute approximate surface area is 137 Å². The highest BCUT2D eigenvalue weighted by molar-refractivity contribution is 9.10. The van der Waals surface area contributed by atoms with E-state index in [9.17, 15) is 0 Å². The highest BCUT2D eigenvalue weighted by atomic mass is 79.9. The highest BCUT2D eigenvalue weighted by Crippen LogP contribution is 2.17. The van der Waals surface area contributed by atoms with E-state index in [4.69, 9.17) is 4.74 Å². The van der Waals surface area contributed by atoms with E-state index < -0.39 is 0 Å². The van der Waals surface area contributed by atoms with Crippen molar-refractivity contribution >= 4 is 31.9 Å². The van der Waals surface area contributed by atoms with Crippen molar-refractivity contribution < 1.29 is 4.74 Å². The third kappa shape index (κ3) is 5.27. The van der Waals surface area contributed by atoms with E-state index in [2.05, 4.69) is 62.0 Å². The first-order chi connectivity index (χ1) is 9.63. The van der Waals surface area contributed by atoms with Crippen molar-refractivity contribution in [1.29, 1.82) is 0 Å². The van der Waals surface area contributed by atoms with Gasteiger partial charge in [-0.05, 0) is 42.9 Å². The molecule has 20 heavy (non-hydrogen) atoms. The molecule has 0 unspecified atom stereocenters. The molecule has 106 valence electrons. The van der Waals surface area contributed by atoms with Crippen LogP contribution in [0.3, 0.4) is 0 Å². The molecule has 0 spiro atoms. The van der Waals surface area contributed by atoms with Gasteiger partial charge in [-0.1, -0.05) is 50.1 Å². The first-order valence-electron chi connectivity index (χ1n) is 6.45. The van der Waals surface area contributed by atoms with E-state index >= 15 is 0 Å². The van der Waals surface area contributed by atoms with Crippen molar-refractivity contribution in [2.24, 2.45) is 0 Å². The van der Waals surface area contributed by atoms with Crippen LogP contribution in [0.5, 0.6) is 5.75 Å². The fourth-order valence-corrected chi connectivity index (χ4v) is 2.73. The third-order valence-corrected chi connectivity index (χ3v) is 3.87. The molecule has 0 heterocycles. The lowest BCUT2D eigenvalue weighted by Gasteiger charge is -2.17. The number of benzene rings is 2. The predicted molar refractivity (Wildman–Crippen MR) is 90.1 cm³/mol. The van der Waals surface area contributed by atoms with E-state index in [1.54, 1.807) is 0 Å². The Kier molecular flexibility index (Phi) is 6.07. The van der Waals surface area contributed by atoms with Crippen LogP contribution in [-0.2, 0) is 6.54 Å². The van der Waals surface area contributed by atoms with Crippen molar-refractivity contribution in [1.82, 2.24) is 4.90 Å². The summed E-state index contributed by atoms with van der Waals surface area (Å²) in [6.07, 6.45) is 0. The molecule has 0 bridgehead atoms. The Morgan fingerprint density at radius 3 is 2.40 bits per heavy atom. The molecule has 0 amide bonds. The van der Waals surface area contributed by atoms with Gasteiger partial charge in [0.1, 0.15) is 12.4 Å². The SMILES string of the molecule is CN(CCOc1cccc(Br)c1)Cc1cccc(Br)c1. The predicted octanol–water partition coefficient (Wildman–Crippen LogP) is 4.72. The van der Waals surface area contributed by atoms with E-state index in [0.29, 0.717) is 6.61 Å². The van der Waals surface area contributed by atoms with Crippen LogP contribution in [0, 0.1) is 0 Å². The van der Waals surface area contributed by atoms with Crippen molar-refractivity contribution in [3.8, 4) is 5.75 Å². The zero-order valence-corrected chi connectivity index (χ0v) is 14.5. The Balaban J connectivity index is 1.76. The number of halogens is 2. The quantitative estimate of drug-likeness (QED) is 0.697. The lowest BCUT2D eigenvalue weighted by molar-refractivity contribution is 0.233. The molecule has 0 atom stereocenters. The number of nitrogens with zero attached hydrogens (tertiary/aromatic N) is 1. The summed E-state index contributed by atoms with van der Waals surface area (Å²) in [5.41, 5.74) is 1.30. The molecule has 4 heteroatoms. The van der Waals surface area contributed by atoms with Gasteiger partial charge in [0.15, 0.2) is 0 Å². The van der Waals surface area contributed by atoms with Crippen molar-refractivity contribution in [3.05, 3.63) is 63.0 Å². The summed E-state index contributed by atoms with van der Waals surface area (Å²) in [7, 11) is 2.10. The highest BCUT2D eigenvalue weighted by Gasteiger charge is 2.02. The summed E-state index contributed by atoms with van der Waals surface area (Å²) in [5.74, 6) is 0.898. The summed E-state index contributed by atoms with van der Waals surface area (Å²) in [4.78, 5) is 2.25. The monoisotopic (exact) mass is 397 g/mol. The number of hydrogen-bond acceptors (Lipinski definition) is 2. The Morgan fingerprint density at radius 2 is 1.70 bits per heavy atom. The van der Waals surface area contributed by atoms with Gasteiger partial charge in [-0.2, -0.15) is 0 Å². The molecule has 0 saturated heterocycles. The van der Waals surface area contributed by atoms with E-state index in [0.717, 1.165) is 27.8 Å². The summed E-state index contributed by atoms with van der Waals surface area (Å²) in [5, 5.41) is 0. The lowest BCUT2D eigenvalue weighted by atomic mass is 10.2. The number of likely N-dealkylation sites (N-methyl/N-ethyl adjacent to an activating group) is 1. The maximum atomic E-state index is 5.74. The molecule has 0 aliphatic rings. The summed E-state index contributed by atoms with van der Waals surface area (Å²) < 4.78 is 7.90. The Bertz CT molecular complexity index is 560. The van der Waals surface area contributed by atoms with Crippen LogP contribution in [0.15, 0.2) is 57.5 Å². The third-order valence-electron chi connectivity index (χ3n) is 2.88. The van der Waals surface area contributed by atoms with E-state index in [-0.39, 0.29) is 0 Å². The second kappa shape index (κ2) is 7.81. The Morgan fingerprint density at radius 1 is 1.00 bits per heavy atom. The standard InChI is InChI=1S/C16H17Br2NO/c1-19(12-13-4-2-5-14(17)10-13)8-9-20-16-7-3-6-15(18)11-16/h2-7,10-11H,8-9,12H2,1H3. The minimum atomic E-state index is 0.682. The zero-order valence-electron chi connectivity index (χ0n) is 11.4. The fourth-order valence-electron chi connectivity index (χ4n) is 1.90. The fraction of sp³-hybridized carbons (Fsp3) is 0.250. The number of ether oxygens (including phenoxy) is 1. The molecule has 2 rings (SSSR count). The lowest BCUT2D eigenvalue weighted by Crippen LogP contribution is -2.23.